The predicted octanol–water partition coefficient (Wildman–Crippen LogP) is 2.38. The number of phenolic OH excluding ortho intramolecular Hbond substituents is 2. The molecule has 0 spiro atoms. The molecule has 0 atom stereocenters. The highest BCUT2D eigenvalue weighted by atomic mass is 16.5. The lowest BCUT2D eigenvalue weighted by Gasteiger charge is -2.04. The fraction of sp³-hybridized carbons (Fsp3) is 0.0588. The van der Waals surface area contributed by atoms with Crippen LogP contribution in [-0.4, -0.2) is 29.2 Å². The summed E-state index contributed by atoms with van der Waals surface area (Å²) in [5.41, 5.74) is 2.07. The van der Waals surface area contributed by atoms with E-state index in [1.165, 1.54) is 25.3 Å². The number of hydrogen-bond acceptors (Lipinski definition) is 5. The first kappa shape index (κ1) is 14.6. The van der Waals surface area contributed by atoms with E-state index in [-0.39, 0.29) is 17.4 Å². The second-order valence-corrected chi connectivity index (χ2v) is 4.98. The number of ether oxygens (including phenoxy) is 1. The number of anilines is 1. The molecule has 0 bridgehead atoms. The summed E-state index contributed by atoms with van der Waals surface area (Å²) in [4.78, 5) is 23.7. The van der Waals surface area contributed by atoms with Gasteiger partial charge in [0.2, 0.25) is 0 Å². The van der Waals surface area contributed by atoms with Crippen LogP contribution in [0.4, 0.5) is 5.69 Å². The van der Waals surface area contributed by atoms with Crippen LogP contribution in [0.3, 0.4) is 0 Å². The topological polar surface area (TPSA) is 95.9 Å². The number of phenols is 2. The maximum atomic E-state index is 12.1. The van der Waals surface area contributed by atoms with Crippen molar-refractivity contribution in [2.45, 2.75) is 0 Å². The molecule has 0 unspecified atom stereocenters. The Labute approximate surface area is 131 Å². The summed E-state index contributed by atoms with van der Waals surface area (Å²) < 4.78 is 4.65. The van der Waals surface area contributed by atoms with Gasteiger partial charge < -0.3 is 20.3 Å². The van der Waals surface area contributed by atoms with Crippen molar-refractivity contribution in [1.29, 1.82) is 0 Å². The van der Waals surface area contributed by atoms with E-state index in [1.807, 2.05) is 0 Å². The quantitative estimate of drug-likeness (QED) is 0.449. The fourth-order valence-electron chi connectivity index (χ4n) is 2.40. The van der Waals surface area contributed by atoms with Crippen LogP contribution in [0, 0.1) is 0 Å². The summed E-state index contributed by atoms with van der Waals surface area (Å²) in [5.74, 6) is -1.42. The fourth-order valence-corrected chi connectivity index (χ4v) is 2.40. The van der Waals surface area contributed by atoms with Crippen molar-refractivity contribution in [2.75, 3.05) is 12.4 Å². The molecular formula is C17H13NO5. The van der Waals surface area contributed by atoms with Crippen LogP contribution in [0.5, 0.6) is 11.5 Å². The third kappa shape index (κ3) is 2.50. The van der Waals surface area contributed by atoms with E-state index in [0.29, 0.717) is 28.0 Å². The molecule has 2 aromatic rings. The molecule has 0 saturated carbocycles. The molecule has 2 aromatic carbocycles. The lowest BCUT2D eigenvalue weighted by molar-refractivity contribution is -0.110. The Morgan fingerprint density at radius 2 is 2.00 bits per heavy atom. The van der Waals surface area contributed by atoms with Crippen LogP contribution in [-0.2, 0) is 9.53 Å². The number of esters is 1. The summed E-state index contributed by atoms with van der Waals surface area (Å²) >= 11 is 0. The summed E-state index contributed by atoms with van der Waals surface area (Å²) in [6, 6.07) is 9.21. The van der Waals surface area contributed by atoms with Gasteiger partial charge in [0, 0.05) is 22.4 Å². The number of rotatable bonds is 2. The predicted molar refractivity (Wildman–Crippen MR) is 84.1 cm³/mol. The molecule has 3 N–H and O–H groups in total. The SMILES string of the molecule is COC(=O)c1ccc2c(c1)NC(=O)/C2=C/c1cccc(O)c1O. The lowest BCUT2D eigenvalue weighted by atomic mass is 10.0. The van der Waals surface area contributed by atoms with E-state index < -0.39 is 5.97 Å². The Morgan fingerprint density at radius 1 is 1.22 bits per heavy atom. The normalized spacial score (nSPS) is 14.5. The summed E-state index contributed by atoms with van der Waals surface area (Å²) in [6.45, 7) is 0. The van der Waals surface area contributed by atoms with Crippen molar-refractivity contribution in [3.63, 3.8) is 0 Å². The molecule has 1 aliphatic heterocycles. The van der Waals surface area contributed by atoms with Gasteiger partial charge in [-0.2, -0.15) is 0 Å². The first-order chi connectivity index (χ1) is 11.0. The highest BCUT2D eigenvalue weighted by molar-refractivity contribution is 6.35. The number of nitrogens with one attached hydrogen (secondary N) is 1. The maximum absolute atomic E-state index is 12.1. The van der Waals surface area contributed by atoms with E-state index in [4.69, 9.17) is 0 Å². The third-order valence-corrected chi connectivity index (χ3v) is 3.57. The van der Waals surface area contributed by atoms with E-state index >= 15 is 0 Å². The van der Waals surface area contributed by atoms with Gasteiger partial charge in [0.25, 0.3) is 5.91 Å². The zero-order valence-electron chi connectivity index (χ0n) is 12.2. The van der Waals surface area contributed by atoms with Gasteiger partial charge in [-0.3, -0.25) is 4.79 Å². The highest BCUT2D eigenvalue weighted by Crippen LogP contribution is 2.37. The van der Waals surface area contributed by atoms with Crippen molar-refractivity contribution in [1.82, 2.24) is 0 Å². The van der Waals surface area contributed by atoms with E-state index in [1.54, 1.807) is 24.3 Å². The van der Waals surface area contributed by atoms with Gasteiger partial charge >= 0.3 is 5.97 Å². The number of carbonyl (C=O) groups excluding carboxylic acids is 2. The highest BCUT2D eigenvalue weighted by Gasteiger charge is 2.25. The van der Waals surface area contributed by atoms with Gasteiger partial charge in [0.05, 0.1) is 12.7 Å². The maximum Gasteiger partial charge on any atom is 0.337 e. The minimum atomic E-state index is -0.495. The first-order valence-corrected chi connectivity index (χ1v) is 6.78. The van der Waals surface area contributed by atoms with Crippen LogP contribution < -0.4 is 5.32 Å². The molecule has 3 rings (SSSR count). The van der Waals surface area contributed by atoms with Gasteiger partial charge in [-0.15, -0.1) is 0 Å². The van der Waals surface area contributed by atoms with Crippen molar-refractivity contribution >= 4 is 29.2 Å². The summed E-state index contributed by atoms with van der Waals surface area (Å²) in [6.07, 6.45) is 1.48. The molecule has 23 heavy (non-hydrogen) atoms. The Balaban J connectivity index is 2.07. The molecule has 6 nitrogen and oxygen atoms in total. The van der Waals surface area contributed by atoms with Crippen LogP contribution in [0.1, 0.15) is 21.5 Å². The molecule has 0 aliphatic carbocycles. The van der Waals surface area contributed by atoms with Crippen LogP contribution in [0.25, 0.3) is 11.6 Å². The second-order valence-electron chi connectivity index (χ2n) is 4.98. The van der Waals surface area contributed by atoms with Gasteiger partial charge in [-0.25, -0.2) is 4.79 Å². The zero-order chi connectivity index (χ0) is 16.6. The van der Waals surface area contributed by atoms with Gasteiger partial charge in [-0.1, -0.05) is 18.2 Å². The smallest absolute Gasteiger partial charge is 0.337 e. The zero-order valence-corrected chi connectivity index (χ0v) is 12.2. The molecule has 1 aliphatic rings. The summed E-state index contributed by atoms with van der Waals surface area (Å²) in [7, 11) is 1.28. The number of methoxy groups -OCH3 is 1. The van der Waals surface area contributed by atoms with Crippen molar-refractivity contribution in [3.05, 3.63) is 53.1 Å². The van der Waals surface area contributed by atoms with Crippen molar-refractivity contribution in [3.8, 4) is 11.5 Å². The third-order valence-electron chi connectivity index (χ3n) is 3.57. The Kier molecular flexibility index (Phi) is 3.50. The number of amides is 1. The van der Waals surface area contributed by atoms with Crippen molar-refractivity contribution in [2.24, 2.45) is 0 Å². The number of carbonyl (C=O) groups is 2. The molecule has 0 saturated heterocycles. The Hall–Kier alpha value is -3.28. The van der Waals surface area contributed by atoms with Gasteiger partial charge in [0.1, 0.15) is 0 Å². The van der Waals surface area contributed by atoms with Crippen molar-refractivity contribution < 1.29 is 24.5 Å². The molecule has 116 valence electrons. The minimum absolute atomic E-state index is 0.265. The van der Waals surface area contributed by atoms with E-state index in [2.05, 4.69) is 10.1 Å². The molecular weight excluding hydrogens is 298 g/mol. The Bertz CT molecular complexity index is 854. The van der Waals surface area contributed by atoms with Crippen LogP contribution in [0.2, 0.25) is 0 Å². The summed E-state index contributed by atoms with van der Waals surface area (Å²) in [5, 5.41) is 22.0. The largest absolute Gasteiger partial charge is 0.504 e. The number of para-hydroxylation sites is 1. The lowest BCUT2D eigenvalue weighted by Crippen LogP contribution is -2.04. The standard InChI is InChI=1S/C17H13NO5/c1-23-17(22)10-5-6-11-12(16(21)18-13(11)8-10)7-9-3-2-4-14(19)15(9)20/h2-8,19-20H,1H3,(H,18,21)/b12-7+. The number of benzene rings is 2. The monoisotopic (exact) mass is 311 g/mol. The average molecular weight is 311 g/mol. The number of fused-ring (bicyclic) bond motifs is 1. The number of aromatic hydroxyl groups is 2. The van der Waals surface area contributed by atoms with Crippen LogP contribution in [0.15, 0.2) is 36.4 Å². The second kappa shape index (κ2) is 5.49. The average Bonchev–Trinajstić information content (AvgIpc) is 2.86. The molecule has 0 fully saturated rings. The molecule has 6 heteroatoms. The molecule has 1 amide bonds. The minimum Gasteiger partial charge on any atom is -0.504 e. The van der Waals surface area contributed by atoms with Gasteiger partial charge in [-0.05, 0) is 24.3 Å². The number of hydrogen-bond donors (Lipinski definition) is 3. The molecule has 1 heterocycles. The van der Waals surface area contributed by atoms with Crippen LogP contribution >= 0.6 is 0 Å². The first-order valence-electron chi connectivity index (χ1n) is 6.78. The van der Waals surface area contributed by atoms with E-state index in [9.17, 15) is 19.8 Å². The van der Waals surface area contributed by atoms with E-state index in [0.717, 1.165) is 0 Å². The Morgan fingerprint density at radius 3 is 2.74 bits per heavy atom. The van der Waals surface area contributed by atoms with Gasteiger partial charge in [0.15, 0.2) is 11.5 Å². The molecule has 0 aromatic heterocycles. The molecule has 0 radical (unpaired) electrons.